The quantitative estimate of drug-likeness (QED) is 0.419. The number of allylic oxidation sites excluding steroid dienone is 1. The average Bonchev–Trinajstić information content (AvgIpc) is 2.81. The van der Waals surface area contributed by atoms with Gasteiger partial charge in [-0.3, -0.25) is 0 Å². The highest BCUT2D eigenvalue weighted by molar-refractivity contribution is 5.44. The predicted octanol–water partition coefficient (Wildman–Crippen LogP) is 7.41. The fourth-order valence-corrected chi connectivity index (χ4v) is 5.83. The number of hydrogen-bond acceptors (Lipinski definition) is 2. The molecule has 0 bridgehead atoms. The first-order chi connectivity index (χ1) is 15.1. The van der Waals surface area contributed by atoms with Crippen molar-refractivity contribution in [3.8, 4) is 11.5 Å². The second-order valence-electron chi connectivity index (χ2n) is 9.80. The summed E-state index contributed by atoms with van der Waals surface area (Å²) in [6.07, 6.45) is 15.8. The van der Waals surface area contributed by atoms with Gasteiger partial charge in [-0.15, -0.1) is 13.2 Å². The lowest BCUT2D eigenvalue weighted by Gasteiger charge is -2.37. The highest BCUT2D eigenvalue weighted by Crippen LogP contribution is 2.42. The van der Waals surface area contributed by atoms with Gasteiger partial charge in [-0.05, 0) is 93.9 Å². The maximum absolute atomic E-state index is 14.6. The van der Waals surface area contributed by atoms with Crippen LogP contribution >= 0.6 is 0 Å². The Kier molecular flexibility index (Phi) is 7.35. The van der Waals surface area contributed by atoms with Gasteiger partial charge in [-0.1, -0.05) is 12.2 Å². The van der Waals surface area contributed by atoms with Gasteiger partial charge in [-0.2, -0.15) is 8.78 Å². The van der Waals surface area contributed by atoms with Crippen LogP contribution in [0.4, 0.5) is 8.78 Å². The number of benzene rings is 1. The van der Waals surface area contributed by atoms with E-state index in [2.05, 4.69) is 19.2 Å². The first-order valence-corrected chi connectivity index (χ1v) is 12.1. The van der Waals surface area contributed by atoms with Gasteiger partial charge < -0.3 is 9.47 Å². The van der Waals surface area contributed by atoms with Crippen molar-refractivity contribution in [2.45, 2.75) is 76.7 Å². The van der Waals surface area contributed by atoms with Crippen molar-refractivity contribution in [2.75, 3.05) is 6.61 Å². The molecule has 2 fully saturated rings. The Morgan fingerprint density at radius 2 is 1.61 bits per heavy atom. The van der Waals surface area contributed by atoms with Gasteiger partial charge >= 0.3 is 0 Å². The summed E-state index contributed by atoms with van der Waals surface area (Å²) in [4.78, 5) is 0. The Morgan fingerprint density at radius 3 is 2.26 bits per heavy atom. The Bertz CT molecular complexity index is 774. The third-order valence-electron chi connectivity index (χ3n) is 7.84. The highest BCUT2D eigenvalue weighted by Gasteiger charge is 2.31. The molecule has 2 saturated carbocycles. The third-order valence-corrected chi connectivity index (χ3v) is 7.84. The van der Waals surface area contributed by atoms with E-state index in [1.165, 1.54) is 38.5 Å². The van der Waals surface area contributed by atoms with Crippen LogP contribution in [0, 0.1) is 35.3 Å². The van der Waals surface area contributed by atoms with E-state index in [-0.39, 0.29) is 17.6 Å². The van der Waals surface area contributed by atoms with Crippen LogP contribution in [0.15, 0.2) is 31.4 Å². The van der Waals surface area contributed by atoms with Crippen LogP contribution in [0.2, 0.25) is 0 Å². The molecule has 4 rings (SSSR count). The van der Waals surface area contributed by atoms with E-state index in [1.807, 2.05) is 0 Å². The largest absolute Gasteiger partial charge is 0.490 e. The van der Waals surface area contributed by atoms with Crippen LogP contribution < -0.4 is 9.47 Å². The zero-order valence-electron chi connectivity index (χ0n) is 18.6. The maximum atomic E-state index is 14.6. The van der Waals surface area contributed by atoms with Crippen LogP contribution in [0.1, 0.15) is 69.8 Å². The lowest BCUT2D eigenvalue weighted by Crippen LogP contribution is -2.27. The van der Waals surface area contributed by atoms with Gasteiger partial charge in [0.15, 0.2) is 11.5 Å². The molecule has 1 aromatic carbocycles. The molecule has 0 amide bonds. The molecule has 1 heterocycles. The molecule has 0 spiro atoms. The highest BCUT2D eigenvalue weighted by atomic mass is 19.2. The van der Waals surface area contributed by atoms with E-state index < -0.39 is 11.6 Å². The van der Waals surface area contributed by atoms with E-state index in [1.54, 1.807) is 12.1 Å². The van der Waals surface area contributed by atoms with Crippen LogP contribution in [-0.2, 0) is 6.42 Å². The molecule has 0 N–H and O–H groups in total. The molecule has 2 aliphatic carbocycles. The van der Waals surface area contributed by atoms with E-state index in [0.29, 0.717) is 36.8 Å². The van der Waals surface area contributed by atoms with Crippen molar-refractivity contribution >= 4 is 0 Å². The van der Waals surface area contributed by atoms with Crippen molar-refractivity contribution in [3.05, 3.63) is 48.6 Å². The molecule has 2 nitrogen and oxygen atoms in total. The minimum atomic E-state index is -0.925. The topological polar surface area (TPSA) is 18.5 Å². The Morgan fingerprint density at radius 1 is 0.935 bits per heavy atom. The minimum Gasteiger partial charge on any atom is -0.490 e. The van der Waals surface area contributed by atoms with Crippen LogP contribution in [0.5, 0.6) is 11.5 Å². The average molecular weight is 431 g/mol. The lowest BCUT2D eigenvalue weighted by molar-refractivity contribution is 0.126. The molecule has 31 heavy (non-hydrogen) atoms. The Labute approximate surface area is 185 Å². The van der Waals surface area contributed by atoms with Crippen molar-refractivity contribution < 1.29 is 18.3 Å². The lowest BCUT2D eigenvalue weighted by atomic mass is 9.69. The van der Waals surface area contributed by atoms with Crippen molar-refractivity contribution in [2.24, 2.45) is 23.7 Å². The van der Waals surface area contributed by atoms with Crippen molar-refractivity contribution in [3.63, 3.8) is 0 Å². The van der Waals surface area contributed by atoms with Crippen molar-refractivity contribution in [1.82, 2.24) is 0 Å². The molecule has 0 radical (unpaired) electrons. The van der Waals surface area contributed by atoms with E-state index >= 15 is 0 Å². The number of rotatable bonds is 7. The first-order valence-electron chi connectivity index (χ1n) is 12.1. The molecular weight excluding hydrogens is 394 g/mol. The molecular formula is C27H36F2O2. The zero-order chi connectivity index (χ0) is 21.8. The molecule has 0 aromatic heterocycles. The van der Waals surface area contributed by atoms with E-state index in [0.717, 1.165) is 31.1 Å². The summed E-state index contributed by atoms with van der Waals surface area (Å²) in [6, 6.07) is 1.64. The van der Waals surface area contributed by atoms with Crippen LogP contribution in [0.3, 0.4) is 0 Å². The smallest absolute Gasteiger partial charge is 0.204 e. The van der Waals surface area contributed by atoms with Gasteiger partial charge in [0, 0.05) is 12.0 Å². The zero-order valence-corrected chi connectivity index (χ0v) is 18.6. The summed E-state index contributed by atoms with van der Waals surface area (Å²) in [5.74, 6) is 1.06. The summed E-state index contributed by atoms with van der Waals surface area (Å²) >= 11 is 0. The number of ether oxygens (including phenoxy) is 2. The summed E-state index contributed by atoms with van der Waals surface area (Å²) in [6.45, 7) is 8.11. The monoisotopic (exact) mass is 430 g/mol. The van der Waals surface area contributed by atoms with E-state index in [9.17, 15) is 8.78 Å². The van der Waals surface area contributed by atoms with Crippen LogP contribution in [0.25, 0.3) is 0 Å². The summed E-state index contributed by atoms with van der Waals surface area (Å²) in [5, 5.41) is 0. The summed E-state index contributed by atoms with van der Waals surface area (Å²) in [7, 11) is 0. The Balaban J connectivity index is 1.29. The second kappa shape index (κ2) is 10.2. The maximum Gasteiger partial charge on any atom is 0.204 e. The van der Waals surface area contributed by atoms with Crippen LogP contribution in [-0.4, -0.2) is 12.7 Å². The number of hydrogen-bond donors (Lipinski definition) is 0. The van der Waals surface area contributed by atoms with E-state index in [4.69, 9.17) is 9.47 Å². The second-order valence-corrected chi connectivity index (χ2v) is 9.80. The molecule has 170 valence electrons. The Hall–Kier alpha value is -1.84. The molecule has 1 unspecified atom stereocenters. The normalized spacial score (nSPS) is 30.7. The number of fused-ring (bicyclic) bond motifs is 1. The standard InChI is InChI=1S/C27H36F2O2/c1-3-5-23-15-14-22-16-24(25(28)26(29)27(22)31-23)30-17-19-8-12-21(13-9-19)20-10-6-18(4-2)7-11-20/h3-4,16,18-21,23H,1-2,5-15,17H2. The number of halogens is 2. The molecule has 4 heteroatoms. The van der Waals surface area contributed by atoms with Gasteiger partial charge in [0.2, 0.25) is 11.6 Å². The number of aryl methyl sites for hydroxylation is 1. The van der Waals surface area contributed by atoms with Gasteiger partial charge in [-0.25, -0.2) is 0 Å². The molecule has 0 saturated heterocycles. The molecule has 3 aliphatic rings. The first kappa shape index (κ1) is 22.4. The minimum absolute atomic E-state index is 0.0342. The SMILES string of the molecule is C=CCC1CCc2cc(OCC3CCC(C4CCC(C=C)CC4)CC3)c(F)c(F)c2O1. The van der Waals surface area contributed by atoms with Crippen molar-refractivity contribution in [1.29, 1.82) is 0 Å². The predicted molar refractivity (Wildman–Crippen MR) is 120 cm³/mol. The fourth-order valence-electron chi connectivity index (χ4n) is 5.83. The fraction of sp³-hybridized carbons (Fsp3) is 0.630. The summed E-state index contributed by atoms with van der Waals surface area (Å²) < 4.78 is 40.7. The summed E-state index contributed by atoms with van der Waals surface area (Å²) in [5.41, 5.74) is 0.702. The molecule has 1 atom stereocenters. The molecule has 1 aliphatic heterocycles. The molecule has 1 aromatic rings. The third kappa shape index (κ3) is 5.15. The van der Waals surface area contributed by atoms with Gasteiger partial charge in [0.1, 0.15) is 6.10 Å². The van der Waals surface area contributed by atoms with Gasteiger partial charge in [0.05, 0.1) is 6.61 Å². The van der Waals surface area contributed by atoms with Gasteiger partial charge in [0.25, 0.3) is 0 Å².